The van der Waals surface area contributed by atoms with Gasteiger partial charge in [-0.05, 0) is 37.6 Å². The predicted octanol–water partition coefficient (Wildman–Crippen LogP) is 4.23. The van der Waals surface area contributed by atoms with Crippen LogP contribution in [-0.2, 0) is 17.3 Å². The molecule has 1 aromatic carbocycles. The number of benzene rings is 1. The van der Waals surface area contributed by atoms with Crippen LogP contribution in [0, 0.1) is 0 Å². The minimum atomic E-state index is -4.41. The molecule has 3 aromatic rings. The summed E-state index contributed by atoms with van der Waals surface area (Å²) in [5.41, 5.74) is 0.350. The van der Waals surface area contributed by atoms with E-state index in [9.17, 15) is 18.0 Å². The molecular formula is C21H22F3N3O4. The van der Waals surface area contributed by atoms with E-state index in [0.29, 0.717) is 35.6 Å². The van der Waals surface area contributed by atoms with Crippen LogP contribution in [-0.4, -0.2) is 34.4 Å². The highest BCUT2D eigenvalue weighted by molar-refractivity contribution is 5.66. The lowest BCUT2D eigenvalue weighted by Crippen LogP contribution is -2.25. The number of nitrogens with one attached hydrogen (secondary N) is 1. The summed E-state index contributed by atoms with van der Waals surface area (Å²) in [5.74, 6) is -0.208. The summed E-state index contributed by atoms with van der Waals surface area (Å²) in [6, 6.07) is 6.42. The maximum Gasteiger partial charge on any atom is 0.439 e. The van der Waals surface area contributed by atoms with Crippen LogP contribution in [0.2, 0.25) is 0 Å². The normalized spacial score (nSPS) is 12.2. The SMILES string of the molecule is COC(C)(C)CCOc1ccnc(Cc2ccc(C(F)(F)F)cc2)c1-c1noc(=O)[nH]1. The number of H-pyrrole nitrogens is 1. The van der Waals surface area contributed by atoms with Crippen molar-refractivity contribution in [2.75, 3.05) is 13.7 Å². The molecule has 0 radical (unpaired) electrons. The van der Waals surface area contributed by atoms with Crippen LogP contribution in [0.4, 0.5) is 13.2 Å². The number of hydrogen-bond acceptors (Lipinski definition) is 6. The van der Waals surface area contributed by atoms with Gasteiger partial charge in [0.25, 0.3) is 0 Å². The lowest BCUT2D eigenvalue weighted by Gasteiger charge is -2.23. The molecule has 0 unspecified atom stereocenters. The number of methoxy groups -OCH3 is 1. The number of rotatable bonds is 8. The summed E-state index contributed by atoms with van der Waals surface area (Å²) >= 11 is 0. The minimum absolute atomic E-state index is 0.126. The zero-order chi connectivity index (χ0) is 22.6. The number of aromatic amines is 1. The van der Waals surface area contributed by atoms with Gasteiger partial charge in [0.15, 0.2) is 5.82 Å². The zero-order valence-electron chi connectivity index (χ0n) is 17.2. The molecule has 0 spiro atoms. The number of halogens is 3. The molecule has 7 nitrogen and oxygen atoms in total. The fourth-order valence-corrected chi connectivity index (χ4v) is 2.84. The molecule has 2 aromatic heterocycles. The van der Waals surface area contributed by atoms with Crippen molar-refractivity contribution in [2.45, 2.75) is 38.5 Å². The highest BCUT2D eigenvalue weighted by Gasteiger charge is 2.30. The number of ether oxygens (including phenoxy) is 2. The summed E-state index contributed by atoms with van der Waals surface area (Å²) in [6.07, 6.45) is -2.10. The Hall–Kier alpha value is -3.14. The Morgan fingerprint density at radius 2 is 1.84 bits per heavy atom. The van der Waals surface area contributed by atoms with E-state index in [2.05, 4.69) is 19.6 Å². The van der Waals surface area contributed by atoms with Gasteiger partial charge in [-0.2, -0.15) is 13.2 Å². The van der Waals surface area contributed by atoms with E-state index in [0.717, 1.165) is 12.1 Å². The Kier molecular flexibility index (Phi) is 6.49. The predicted molar refractivity (Wildman–Crippen MR) is 106 cm³/mol. The highest BCUT2D eigenvalue weighted by Crippen LogP contribution is 2.33. The lowest BCUT2D eigenvalue weighted by atomic mass is 10.0. The van der Waals surface area contributed by atoms with Gasteiger partial charge in [-0.3, -0.25) is 14.5 Å². The maximum absolute atomic E-state index is 12.8. The zero-order valence-corrected chi connectivity index (χ0v) is 17.2. The Bertz CT molecular complexity index is 1070. The largest absolute Gasteiger partial charge is 0.493 e. The van der Waals surface area contributed by atoms with Crippen molar-refractivity contribution in [3.05, 3.63) is 63.9 Å². The first-order chi connectivity index (χ1) is 14.6. The summed E-state index contributed by atoms with van der Waals surface area (Å²) in [5, 5.41) is 3.73. The van der Waals surface area contributed by atoms with Gasteiger partial charge in [0, 0.05) is 26.1 Å². The first-order valence-corrected chi connectivity index (χ1v) is 9.47. The van der Waals surface area contributed by atoms with Crippen molar-refractivity contribution in [1.29, 1.82) is 0 Å². The van der Waals surface area contributed by atoms with Gasteiger partial charge in [0.1, 0.15) is 5.75 Å². The molecule has 0 saturated carbocycles. The molecule has 0 amide bonds. The smallest absolute Gasteiger partial charge is 0.439 e. The Balaban J connectivity index is 1.91. The quantitative estimate of drug-likeness (QED) is 0.567. The first-order valence-electron chi connectivity index (χ1n) is 9.47. The second kappa shape index (κ2) is 8.93. The van der Waals surface area contributed by atoms with Gasteiger partial charge in [-0.15, -0.1) is 0 Å². The van der Waals surface area contributed by atoms with Gasteiger partial charge in [-0.1, -0.05) is 17.3 Å². The molecule has 31 heavy (non-hydrogen) atoms. The Morgan fingerprint density at radius 3 is 2.42 bits per heavy atom. The summed E-state index contributed by atoms with van der Waals surface area (Å²) in [6.45, 7) is 4.17. The molecule has 0 bridgehead atoms. The van der Waals surface area contributed by atoms with Gasteiger partial charge in [-0.25, -0.2) is 4.79 Å². The lowest BCUT2D eigenvalue weighted by molar-refractivity contribution is -0.137. The van der Waals surface area contributed by atoms with Crippen molar-refractivity contribution in [1.82, 2.24) is 15.1 Å². The fourth-order valence-electron chi connectivity index (χ4n) is 2.84. The van der Waals surface area contributed by atoms with Crippen molar-refractivity contribution in [2.24, 2.45) is 0 Å². The standard InChI is InChI=1S/C21H22F3N3O4/c1-20(2,29-3)9-11-30-16-8-10-25-15(17(16)18-26-19(28)31-27-18)12-13-4-6-14(7-5-13)21(22,23)24/h4-8,10H,9,11-12H2,1-3H3,(H,26,27,28). The Labute approximate surface area is 176 Å². The third-order valence-electron chi connectivity index (χ3n) is 4.84. The van der Waals surface area contributed by atoms with Crippen molar-refractivity contribution < 1.29 is 27.2 Å². The van der Waals surface area contributed by atoms with Crippen LogP contribution in [0.1, 0.15) is 37.1 Å². The van der Waals surface area contributed by atoms with Crippen molar-refractivity contribution in [3.8, 4) is 17.1 Å². The second-order valence-corrected chi connectivity index (χ2v) is 7.51. The van der Waals surface area contributed by atoms with Gasteiger partial charge >= 0.3 is 11.9 Å². The average Bonchev–Trinajstić information content (AvgIpc) is 3.13. The monoisotopic (exact) mass is 437 g/mol. The molecule has 0 atom stereocenters. The summed E-state index contributed by atoms with van der Waals surface area (Å²) in [4.78, 5) is 18.3. The number of aromatic nitrogens is 3. The van der Waals surface area contributed by atoms with Crippen LogP contribution in [0.25, 0.3) is 11.4 Å². The molecule has 166 valence electrons. The number of alkyl halides is 3. The molecule has 0 aliphatic rings. The fraction of sp³-hybridized carbons (Fsp3) is 0.381. The third kappa shape index (κ3) is 5.72. The number of nitrogens with zero attached hydrogens (tertiary/aromatic N) is 2. The van der Waals surface area contributed by atoms with E-state index >= 15 is 0 Å². The third-order valence-corrected chi connectivity index (χ3v) is 4.84. The van der Waals surface area contributed by atoms with Gasteiger partial charge in [0.05, 0.1) is 29.0 Å². The number of hydrogen-bond donors (Lipinski definition) is 1. The molecular weight excluding hydrogens is 415 g/mol. The van der Waals surface area contributed by atoms with Crippen molar-refractivity contribution in [3.63, 3.8) is 0 Å². The van der Waals surface area contributed by atoms with E-state index in [1.807, 2.05) is 13.8 Å². The van der Waals surface area contributed by atoms with Crippen LogP contribution < -0.4 is 10.5 Å². The van der Waals surface area contributed by atoms with Crippen LogP contribution >= 0.6 is 0 Å². The van der Waals surface area contributed by atoms with Crippen LogP contribution in [0.5, 0.6) is 5.75 Å². The molecule has 2 heterocycles. The highest BCUT2D eigenvalue weighted by atomic mass is 19.4. The molecule has 3 rings (SSSR count). The minimum Gasteiger partial charge on any atom is -0.493 e. The molecule has 1 N–H and O–H groups in total. The molecule has 10 heteroatoms. The van der Waals surface area contributed by atoms with E-state index in [-0.39, 0.29) is 12.2 Å². The van der Waals surface area contributed by atoms with E-state index in [4.69, 9.17) is 9.47 Å². The number of pyridine rings is 1. The topological polar surface area (TPSA) is 90.2 Å². The van der Waals surface area contributed by atoms with E-state index in [1.54, 1.807) is 13.2 Å². The average molecular weight is 437 g/mol. The van der Waals surface area contributed by atoms with E-state index in [1.165, 1.54) is 18.3 Å². The molecule has 0 saturated heterocycles. The van der Waals surface area contributed by atoms with Gasteiger partial charge in [0.2, 0.25) is 0 Å². The second-order valence-electron chi connectivity index (χ2n) is 7.51. The maximum atomic E-state index is 12.8. The van der Waals surface area contributed by atoms with Gasteiger partial charge < -0.3 is 9.47 Å². The first kappa shape index (κ1) is 22.5. The van der Waals surface area contributed by atoms with E-state index < -0.39 is 23.1 Å². The summed E-state index contributed by atoms with van der Waals surface area (Å²) < 4.78 is 54.4. The molecule has 0 fully saturated rings. The van der Waals surface area contributed by atoms with Crippen molar-refractivity contribution >= 4 is 0 Å². The molecule has 0 aliphatic carbocycles. The van der Waals surface area contributed by atoms with Crippen LogP contribution in [0.3, 0.4) is 0 Å². The summed E-state index contributed by atoms with van der Waals surface area (Å²) in [7, 11) is 1.61. The Morgan fingerprint density at radius 1 is 1.13 bits per heavy atom. The molecule has 0 aliphatic heterocycles. The van der Waals surface area contributed by atoms with Crippen LogP contribution in [0.15, 0.2) is 45.8 Å².